The average molecular weight is 322 g/mol. The minimum atomic E-state index is -0.676. The van der Waals surface area contributed by atoms with Gasteiger partial charge in [0.15, 0.2) is 0 Å². The first-order valence-electron chi connectivity index (χ1n) is 7.19. The molecule has 118 valence electrons. The zero-order valence-corrected chi connectivity index (χ0v) is 13.2. The predicted octanol–water partition coefficient (Wildman–Crippen LogP) is 3.27. The normalized spacial score (nSPS) is 12.1. The second kappa shape index (κ2) is 8.03. The van der Waals surface area contributed by atoms with Crippen LogP contribution in [0, 0.1) is 0 Å². The van der Waals surface area contributed by atoms with Crippen LogP contribution in [-0.2, 0) is 6.54 Å². The molecule has 0 saturated heterocycles. The van der Waals surface area contributed by atoms with Gasteiger partial charge in [-0.2, -0.15) is 0 Å². The monoisotopic (exact) mass is 321 g/mol. The van der Waals surface area contributed by atoms with E-state index < -0.39 is 6.10 Å². The maximum atomic E-state index is 10.1. The number of phenols is 1. The maximum absolute atomic E-state index is 10.1. The van der Waals surface area contributed by atoms with Crippen LogP contribution in [0.1, 0.15) is 24.2 Å². The summed E-state index contributed by atoms with van der Waals surface area (Å²) in [4.78, 5) is 0. The van der Waals surface area contributed by atoms with Crippen molar-refractivity contribution >= 4 is 11.6 Å². The van der Waals surface area contributed by atoms with Crippen molar-refractivity contribution in [2.24, 2.45) is 0 Å². The Bertz CT molecular complexity index is 619. The fraction of sp³-hybridized carbons (Fsp3) is 0.294. The summed E-state index contributed by atoms with van der Waals surface area (Å²) in [6.07, 6.45) is -0.676. The highest BCUT2D eigenvalue weighted by Gasteiger charge is 2.08. The molecule has 1 atom stereocenters. The van der Waals surface area contributed by atoms with E-state index in [0.717, 1.165) is 5.56 Å². The van der Waals surface area contributed by atoms with Gasteiger partial charge in [-0.05, 0) is 42.3 Å². The number of aliphatic hydroxyl groups excluding tert-OH is 1. The van der Waals surface area contributed by atoms with Gasteiger partial charge in [0, 0.05) is 13.1 Å². The summed E-state index contributed by atoms with van der Waals surface area (Å²) in [7, 11) is 0. The highest BCUT2D eigenvalue weighted by molar-refractivity contribution is 6.32. The Morgan fingerprint density at radius 3 is 2.73 bits per heavy atom. The fourth-order valence-corrected chi connectivity index (χ4v) is 2.39. The number of ether oxygens (including phenoxy) is 1. The first-order valence-corrected chi connectivity index (χ1v) is 7.57. The summed E-state index contributed by atoms with van der Waals surface area (Å²) >= 11 is 6.13. The van der Waals surface area contributed by atoms with Crippen LogP contribution < -0.4 is 10.1 Å². The molecule has 2 aromatic rings. The molecule has 0 spiro atoms. The third-order valence-corrected chi connectivity index (χ3v) is 3.51. The molecule has 22 heavy (non-hydrogen) atoms. The minimum absolute atomic E-state index is 0.148. The van der Waals surface area contributed by atoms with Crippen LogP contribution in [-0.4, -0.2) is 23.4 Å². The molecule has 0 heterocycles. The van der Waals surface area contributed by atoms with Crippen molar-refractivity contribution < 1.29 is 14.9 Å². The lowest BCUT2D eigenvalue weighted by Crippen LogP contribution is -2.21. The van der Waals surface area contributed by atoms with Crippen LogP contribution in [0.25, 0.3) is 0 Å². The van der Waals surface area contributed by atoms with Crippen LogP contribution in [0.2, 0.25) is 5.02 Å². The highest BCUT2D eigenvalue weighted by atomic mass is 35.5. The maximum Gasteiger partial charge on any atom is 0.137 e. The molecular weight excluding hydrogens is 302 g/mol. The van der Waals surface area contributed by atoms with Crippen LogP contribution in [0.5, 0.6) is 11.5 Å². The summed E-state index contributed by atoms with van der Waals surface area (Å²) in [5, 5.41) is 23.2. The quantitative estimate of drug-likeness (QED) is 0.732. The van der Waals surface area contributed by atoms with Gasteiger partial charge in [0.05, 0.1) is 17.7 Å². The Labute approximate surface area is 135 Å². The number of hydrogen-bond acceptors (Lipinski definition) is 4. The third-order valence-electron chi connectivity index (χ3n) is 3.22. The first kappa shape index (κ1) is 16.6. The summed E-state index contributed by atoms with van der Waals surface area (Å²) in [6.45, 7) is 3.46. The van der Waals surface area contributed by atoms with E-state index in [9.17, 15) is 10.2 Å². The van der Waals surface area contributed by atoms with Crippen LogP contribution in [0.15, 0.2) is 42.5 Å². The van der Waals surface area contributed by atoms with Gasteiger partial charge in [-0.15, -0.1) is 0 Å². The molecule has 0 aliphatic heterocycles. The van der Waals surface area contributed by atoms with Crippen LogP contribution >= 0.6 is 11.6 Å². The first-order chi connectivity index (χ1) is 10.6. The molecule has 5 heteroatoms. The summed E-state index contributed by atoms with van der Waals surface area (Å²) in [6, 6.07) is 12.2. The Morgan fingerprint density at radius 2 is 2.05 bits per heavy atom. The number of aliphatic hydroxyl groups is 1. The number of nitrogens with one attached hydrogen (secondary N) is 1. The van der Waals surface area contributed by atoms with Gasteiger partial charge in [-0.1, -0.05) is 29.8 Å². The molecule has 0 amide bonds. The zero-order valence-electron chi connectivity index (χ0n) is 12.4. The Kier molecular flexibility index (Phi) is 6.07. The van der Waals surface area contributed by atoms with E-state index in [-0.39, 0.29) is 5.75 Å². The van der Waals surface area contributed by atoms with Gasteiger partial charge in [0.1, 0.15) is 11.5 Å². The number of aromatic hydroxyl groups is 1. The SMILES string of the molecule is CCOc1ccc(CNCC(O)c2cccc(O)c2)cc1Cl. The van der Waals surface area contributed by atoms with Crippen molar-refractivity contribution in [2.75, 3.05) is 13.2 Å². The van der Waals surface area contributed by atoms with E-state index >= 15 is 0 Å². The van der Waals surface area contributed by atoms with Crippen molar-refractivity contribution in [3.8, 4) is 11.5 Å². The molecule has 1 unspecified atom stereocenters. The second-order valence-corrected chi connectivity index (χ2v) is 5.35. The van der Waals surface area contributed by atoms with E-state index in [4.69, 9.17) is 16.3 Å². The number of hydrogen-bond donors (Lipinski definition) is 3. The van der Waals surface area contributed by atoms with Crippen molar-refractivity contribution in [3.05, 3.63) is 58.6 Å². The molecule has 0 fully saturated rings. The Morgan fingerprint density at radius 1 is 1.23 bits per heavy atom. The number of halogens is 1. The van der Waals surface area contributed by atoms with E-state index in [1.54, 1.807) is 24.3 Å². The molecule has 0 aliphatic carbocycles. The van der Waals surface area contributed by atoms with E-state index in [2.05, 4.69) is 5.32 Å². The summed E-state index contributed by atoms with van der Waals surface area (Å²) in [5.41, 5.74) is 1.69. The number of rotatable bonds is 7. The van der Waals surface area contributed by atoms with Gasteiger partial charge in [-0.3, -0.25) is 0 Å². The molecule has 2 aromatic carbocycles. The molecule has 0 aromatic heterocycles. The van der Waals surface area contributed by atoms with Gasteiger partial charge in [-0.25, -0.2) is 0 Å². The van der Waals surface area contributed by atoms with E-state index in [1.807, 2.05) is 25.1 Å². The lowest BCUT2D eigenvalue weighted by Gasteiger charge is -2.13. The van der Waals surface area contributed by atoms with Crippen LogP contribution in [0.4, 0.5) is 0 Å². The van der Waals surface area contributed by atoms with Crippen molar-refractivity contribution in [2.45, 2.75) is 19.6 Å². The van der Waals surface area contributed by atoms with Crippen molar-refractivity contribution in [1.29, 1.82) is 0 Å². The van der Waals surface area contributed by atoms with E-state index in [0.29, 0.717) is 36.0 Å². The number of phenolic OH excluding ortho intramolecular Hbond substituents is 1. The smallest absolute Gasteiger partial charge is 0.137 e. The average Bonchev–Trinajstić information content (AvgIpc) is 2.50. The lowest BCUT2D eigenvalue weighted by molar-refractivity contribution is 0.174. The predicted molar refractivity (Wildman–Crippen MR) is 87.4 cm³/mol. The molecule has 0 bridgehead atoms. The largest absolute Gasteiger partial charge is 0.508 e. The van der Waals surface area contributed by atoms with Gasteiger partial charge < -0.3 is 20.3 Å². The fourth-order valence-electron chi connectivity index (χ4n) is 2.13. The van der Waals surface area contributed by atoms with E-state index in [1.165, 1.54) is 0 Å². The Balaban J connectivity index is 1.87. The highest BCUT2D eigenvalue weighted by Crippen LogP contribution is 2.25. The second-order valence-electron chi connectivity index (χ2n) is 4.94. The molecule has 0 saturated carbocycles. The molecular formula is C17H20ClNO3. The minimum Gasteiger partial charge on any atom is -0.508 e. The molecule has 0 radical (unpaired) electrons. The van der Waals surface area contributed by atoms with Gasteiger partial charge in [0.2, 0.25) is 0 Å². The summed E-state index contributed by atoms with van der Waals surface area (Å²) in [5.74, 6) is 0.822. The zero-order chi connectivity index (χ0) is 15.9. The number of benzene rings is 2. The summed E-state index contributed by atoms with van der Waals surface area (Å²) < 4.78 is 5.39. The third kappa shape index (κ3) is 4.63. The lowest BCUT2D eigenvalue weighted by atomic mass is 10.1. The van der Waals surface area contributed by atoms with Crippen molar-refractivity contribution in [1.82, 2.24) is 5.32 Å². The standard InChI is InChI=1S/C17H20ClNO3/c1-2-22-17-7-6-12(8-15(17)18)10-19-11-16(21)13-4-3-5-14(20)9-13/h3-9,16,19-21H,2,10-11H2,1H3. The van der Waals surface area contributed by atoms with Gasteiger partial charge >= 0.3 is 0 Å². The topological polar surface area (TPSA) is 61.7 Å². The Hall–Kier alpha value is -1.75. The molecule has 2 rings (SSSR count). The van der Waals surface area contributed by atoms with Crippen LogP contribution in [0.3, 0.4) is 0 Å². The molecule has 4 nitrogen and oxygen atoms in total. The van der Waals surface area contributed by atoms with Gasteiger partial charge in [0.25, 0.3) is 0 Å². The molecule has 0 aliphatic rings. The van der Waals surface area contributed by atoms with Crippen molar-refractivity contribution in [3.63, 3.8) is 0 Å². The molecule has 3 N–H and O–H groups in total.